The normalized spacial score (nSPS) is 32.4. The molecule has 4 N–H and O–H groups in total. The molecule has 0 amide bonds. The van der Waals surface area contributed by atoms with Crippen LogP contribution in [0.25, 0.3) is 0 Å². The van der Waals surface area contributed by atoms with Gasteiger partial charge in [0.1, 0.15) is 0 Å². The average molecular weight is 281 g/mol. The Balaban J connectivity index is 1.47. The van der Waals surface area contributed by atoms with Gasteiger partial charge in [0.25, 0.3) is 0 Å². The highest BCUT2D eigenvalue weighted by molar-refractivity contribution is 5.79. The van der Waals surface area contributed by atoms with Gasteiger partial charge < -0.3 is 10.1 Å². The van der Waals surface area contributed by atoms with Gasteiger partial charge in [-0.25, -0.2) is 10.8 Å². The van der Waals surface area contributed by atoms with Gasteiger partial charge in [-0.15, -0.1) is 0 Å². The fourth-order valence-corrected chi connectivity index (χ4v) is 3.59. The molecule has 2 saturated heterocycles. The number of rotatable bonds is 3. The highest BCUT2D eigenvalue weighted by Gasteiger charge is 2.32. The van der Waals surface area contributed by atoms with Crippen molar-refractivity contribution in [2.75, 3.05) is 26.2 Å². The van der Waals surface area contributed by atoms with E-state index in [1.165, 1.54) is 45.1 Å². The predicted octanol–water partition coefficient (Wildman–Crippen LogP) is 0.201. The van der Waals surface area contributed by atoms with E-state index in [1.54, 1.807) is 0 Å². The van der Waals surface area contributed by atoms with Crippen LogP contribution in [0.3, 0.4) is 0 Å². The van der Waals surface area contributed by atoms with Crippen LogP contribution in [0.5, 0.6) is 0 Å². The molecular weight excluding hydrogens is 254 g/mol. The molecule has 3 aliphatic rings. The molecule has 0 bridgehead atoms. The van der Waals surface area contributed by atoms with Gasteiger partial charge in [-0.1, -0.05) is 12.8 Å². The minimum atomic E-state index is 0.207. The predicted molar refractivity (Wildman–Crippen MR) is 79.4 cm³/mol. The fraction of sp³-hybridized carbons (Fsp3) is 0.929. The molecule has 114 valence electrons. The standard InChI is InChI=1S/C14H27N5O/c15-18-14(17-11-4-1-2-5-11)16-8-13-9-19-7-3-6-12(19)10-20-13/h11-13H,1-10,15H2,(H2,16,17,18). The third-order valence-corrected chi connectivity index (χ3v) is 4.75. The van der Waals surface area contributed by atoms with E-state index < -0.39 is 0 Å². The zero-order chi connectivity index (χ0) is 13.8. The van der Waals surface area contributed by atoms with Crippen LogP contribution in [0.1, 0.15) is 38.5 Å². The highest BCUT2D eigenvalue weighted by atomic mass is 16.5. The van der Waals surface area contributed by atoms with Gasteiger partial charge in [0.15, 0.2) is 0 Å². The highest BCUT2D eigenvalue weighted by Crippen LogP contribution is 2.22. The Hall–Kier alpha value is -0.850. The minimum Gasteiger partial charge on any atom is -0.373 e. The van der Waals surface area contributed by atoms with Crippen molar-refractivity contribution in [3.05, 3.63) is 0 Å². The smallest absolute Gasteiger partial charge is 0.206 e. The average Bonchev–Trinajstić information content (AvgIpc) is 3.13. The summed E-state index contributed by atoms with van der Waals surface area (Å²) >= 11 is 0. The number of ether oxygens (including phenoxy) is 1. The maximum absolute atomic E-state index is 5.91. The van der Waals surface area contributed by atoms with E-state index in [9.17, 15) is 0 Å². The Labute approximate surface area is 121 Å². The summed E-state index contributed by atoms with van der Waals surface area (Å²) in [5.41, 5.74) is 2.68. The number of nitrogens with two attached hydrogens (primary N) is 1. The molecule has 3 fully saturated rings. The summed E-state index contributed by atoms with van der Waals surface area (Å²) in [6, 6.07) is 1.18. The van der Waals surface area contributed by atoms with Crippen LogP contribution >= 0.6 is 0 Å². The molecule has 6 heteroatoms. The van der Waals surface area contributed by atoms with E-state index in [4.69, 9.17) is 10.6 Å². The fourth-order valence-electron chi connectivity index (χ4n) is 3.59. The molecule has 0 radical (unpaired) electrons. The number of hydrazine groups is 1. The van der Waals surface area contributed by atoms with Crippen LogP contribution in [-0.2, 0) is 4.74 Å². The number of hydrogen-bond acceptors (Lipinski definition) is 4. The third kappa shape index (κ3) is 3.42. The molecule has 1 aliphatic carbocycles. The number of nitrogens with zero attached hydrogens (tertiary/aromatic N) is 2. The Kier molecular flexibility index (Phi) is 4.75. The Morgan fingerprint density at radius 1 is 1.25 bits per heavy atom. The first-order valence-electron chi connectivity index (χ1n) is 7.98. The van der Waals surface area contributed by atoms with Gasteiger partial charge in [0, 0.05) is 18.6 Å². The van der Waals surface area contributed by atoms with Crippen molar-refractivity contribution in [3.63, 3.8) is 0 Å². The summed E-state index contributed by atoms with van der Waals surface area (Å²) in [5.74, 6) is 6.27. The Morgan fingerprint density at radius 3 is 2.90 bits per heavy atom. The van der Waals surface area contributed by atoms with Gasteiger partial charge in [0.05, 0.1) is 19.3 Å². The lowest BCUT2D eigenvalue weighted by atomic mass is 10.2. The number of fused-ring (bicyclic) bond motifs is 1. The van der Waals surface area contributed by atoms with Crippen molar-refractivity contribution in [1.29, 1.82) is 0 Å². The second kappa shape index (κ2) is 6.74. The molecule has 2 unspecified atom stereocenters. The van der Waals surface area contributed by atoms with E-state index in [1.807, 2.05) is 0 Å². The van der Waals surface area contributed by atoms with Crippen molar-refractivity contribution in [3.8, 4) is 0 Å². The Bertz CT molecular complexity index is 342. The molecule has 1 saturated carbocycles. The van der Waals surface area contributed by atoms with E-state index in [2.05, 4.69) is 20.6 Å². The first-order chi connectivity index (χ1) is 9.85. The van der Waals surface area contributed by atoms with Gasteiger partial charge in [-0.2, -0.15) is 0 Å². The quantitative estimate of drug-likeness (QED) is 0.298. The molecule has 3 rings (SSSR count). The van der Waals surface area contributed by atoms with Crippen molar-refractivity contribution in [2.24, 2.45) is 10.8 Å². The number of aliphatic imine (C=N–C) groups is 1. The lowest BCUT2D eigenvalue weighted by Gasteiger charge is -2.34. The second-order valence-electron chi connectivity index (χ2n) is 6.21. The van der Waals surface area contributed by atoms with Gasteiger partial charge in [-0.05, 0) is 32.2 Å². The van der Waals surface area contributed by atoms with E-state index in [-0.39, 0.29) is 6.10 Å². The van der Waals surface area contributed by atoms with Crippen LogP contribution in [0.2, 0.25) is 0 Å². The van der Waals surface area contributed by atoms with Crippen molar-refractivity contribution in [1.82, 2.24) is 15.6 Å². The van der Waals surface area contributed by atoms with E-state index in [0.717, 1.165) is 13.2 Å². The Morgan fingerprint density at radius 2 is 2.10 bits per heavy atom. The molecule has 2 aliphatic heterocycles. The summed E-state index contributed by atoms with van der Waals surface area (Å²) in [7, 11) is 0. The molecule has 0 aromatic rings. The van der Waals surface area contributed by atoms with Gasteiger partial charge >= 0.3 is 0 Å². The summed E-state index contributed by atoms with van der Waals surface area (Å²) in [5, 5.41) is 3.40. The zero-order valence-corrected chi connectivity index (χ0v) is 12.2. The maximum atomic E-state index is 5.91. The first-order valence-corrected chi connectivity index (χ1v) is 7.98. The maximum Gasteiger partial charge on any atom is 0.206 e. The number of nitrogens with one attached hydrogen (secondary N) is 2. The molecule has 0 aromatic carbocycles. The van der Waals surface area contributed by atoms with E-state index in [0.29, 0.717) is 24.6 Å². The third-order valence-electron chi connectivity index (χ3n) is 4.75. The number of morpholine rings is 1. The van der Waals surface area contributed by atoms with Gasteiger partial charge in [0.2, 0.25) is 5.96 Å². The summed E-state index contributed by atoms with van der Waals surface area (Å²) in [4.78, 5) is 7.11. The largest absolute Gasteiger partial charge is 0.373 e. The molecule has 2 heterocycles. The van der Waals surface area contributed by atoms with Crippen LogP contribution in [0.15, 0.2) is 4.99 Å². The zero-order valence-electron chi connectivity index (χ0n) is 12.2. The van der Waals surface area contributed by atoms with Crippen LogP contribution < -0.4 is 16.6 Å². The molecule has 2 atom stereocenters. The van der Waals surface area contributed by atoms with E-state index >= 15 is 0 Å². The van der Waals surface area contributed by atoms with Gasteiger partial charge in [-0.3, -0.25) is 10.3 Å². The summed E-state index contributed by atoms with van der Waals surface area (Å²) in [6.07, 6.45) is 7.84. The van der Waals surface area contributed by atoms with Crippen molar-refractivity contribution >= 4 is 5.96 Å². The molecule has 0 aromatic heterocycles. The summed E-state index contributed by atoms with van der Waals surface area (Å²) < 4.78 is 5.91. The molecular formula is C14H27N5O. The first kappa shape index (κ1) is 14.1. The van der Waals surface area contributed by atoms with Crippen molar-refractivity contribution in [2.45, 2.75) is 56.7 Å². The monoisotopic (exact) mass is 281 g/mol. The second-order valence-corrected chi connectivity index (χ2v) is 6.21. The summed E-state index contributed by atoms with van der Waals surface area (Å²) in [6.45, 7) is 3.77. The number of guanidine groups is 1. The minimum absolute atomic E-state index is 0.207. The lowest BCUT2D eigenvalue weighted by Crippen LogP contribution is -2.49. The molecule has 20 heavy (non-hydrogen) atoms. The molecule has 0 spiro atoms. The van der Waals surface area contributed by atoms with Crippen molar-refractivity contribution < 1.29 is 4.74 Å². The number of hydrogen-bond donors (Lipinski definition) is 3. The van der Waals surface area contributed by atoms with Crippen LogP contribution in [-0.4, -0.2) is 55.3 Å². The SMILES string of the molecule is NNC(=NCC1CN2CCCC2CO1)NC1CCCC1. The van der Waals surface area contributed by atoms with Crippen LogP contribution in [0.4, 0.5) is 0 Å². The molecule has 6 nitrogen and oxygen atoms in total. The van der Waals surface area contributed by atoms with Crippen LogP contribution in [0, 0.1) is 0 Å². The topological polar surface area (TPSA) is 74.9 Å². The lowest BCUT2D eigenvalue weighted by molar-refractivity contribution is -0.0432.